The number of halogens is 1. The molecule has 0 spiro atoms. The maximum atomic E-state index is 14.0. The predicted molar refractivity (Wildman–Crippen MR) is 106 cm³/mol. The molecule has 6 nitrogen and oxygen atoms in total. The molecule has 0 saturated carbocycles. The Labute approximate surface area is 164 Å². The highest BCUT2D eigenvalue weighted by Gasteiger charge is 2.24. The standard InChI is InChI=1S/C21H25FN4O2/c22-18-5-1-2-6-19(18)25-9-11-26(12-10-25)21(27)16-7-8-23-20(14-16)24-15-17-4-3-13-28-17/h1-2,5-8,14,17H,3-4,9-13,15H2,(H,23,24). The number of nitrogens with one attached hydrogen (secondary N) is 1. The summed E-state index contributed by atoms with van der Waals surface area (Å²) in [4.78, 5) is 21.0. The second-order valence-corrected chi connectivity index (χ2v) is 7.18. The fourth-order valence-corrected chi connectivity index (χ4v) is 3.73. The van der Waals surface area contributed by atoms with Crippen molar-refractivity contribution in [3.8, 4) is 0 Å². The molecule has 0 bridgehead atoms. The number of aromatic nitrogens is 1. The van der Waals surface area contributed by atoms with Crippen molar-refractivity contribution < 1.29 is 13.9 Å². The summed E-state index contributed by atoms with van der Waals surface area (Å²) >= 11 is 0. The molecule has 1 atom stereocenters. The summed E-state index contributed by atoms with van der Waals surface area (Å²) in [7, 11) is 0. The van der Waals surface area contributed by atoms with E-state index in [1.165, 1.54) is 6.07 Å². The van der Waals surface area contributed by atoms with Gasteiger partial charge in [-0.2, -0.15) is 0 Å². The van der Waals surface area contributed by atoms with Gasteiger partial charge in [0.15, 0.2) is 0 Å². The van der Waals surface area contributed by atoms with E-state index in [-0.39, 0.29) is 17.8 Å². The van der Waals surface area contributed by atoms with Crippen LogP contribution in [0.4, 0.5) is 15.9 Å². The lowest BCUT2D eigenvalue weighted by molar-refractivity contribution is 0.0746. The number of pyridine rings is 1. The first-order chi connectivity index (χ1) is 13.7. The van der Waals surface area contributed by atoms with Gasteiger partial charge in [-0.05, 0) is 37.1 Å². The molecule has 1 aromatic heterocycles. The molecule has 148 valence electrons. The molecular weight excluding hydrogens is 359 g/mol. The van der Waals surface area contributed by atoms with E-state index >= 15 is 0 Å². The predicted octanol–water partition coefficient (Wildman–Crippen LogP) is 2.77. The molecule has 3 heterocycles. The number of nitrogens with zero attached hydrogens (tertiary/aromatic N) is 3. The summed E-state index contributed by atoms with van der Waals surface area (Å²) in [5, 5.41) is 3.26. The number of ether oxygens (including phenoxy) is 1. The Kier molecular flexibility index (Phi) is 5.71. The van der Waals surface area contributed by atoms with Crippen LogP contribution in [0, 0.1) is 5.82 Å². The third-order valence-corrected chi connectivity index (χ3v) is 5.30. The maximum absolute atomic E-state index is 14.0. The fourth-order valence-electron chi connectivity index (χ4n) is 3.73. The van der Waals surface area contributed by atoms with Gasteiger partial charge in [-0.3, -0.25) is 4.79 Å². The van der Waals surface area contributed by atoms with Gasteiger partial charge in [0.1, 0.15) is 11.6 Å². The molecule has 2 aliphatic rings. The van der Waals surface area contributed by atoms with Crippen LogP contribution >= 0.6 is 0 Å². The number of benzene rings is 1. The minimum atomic E-state index is -0.224. The number of anilines is 2. The zero-order valence-corrected chi connectivity index (χ0v) is 15.8. The average molecular weight is 384 g/mol. The lowest BCUT2D eigenvalue weighted by Gasteiger charge is -2.36. The Morgan fingerprint density at radius 2 is 2.04 bits per heavy atom. The number of para-hydroxylation sites is 1. The summed E-state index contributed by atoms with van der Waals surface area (Å²) in [5.41, 5.74) is 1.21. The highest BCUT2D eigenvalue weighted by Crippen LogP contribution is 2.21. The van der Waals surface area contributed by atoms with E-state index in [1.807, 2.05) is 15.9 Å². The van der Waals surface area contributed by atoms with E-state index in [0.29, 0.717) is 49.8 Å². The maximum Gasteiger partial charge on any atom is 0.254 e. The number of hydrogen-bond donors (Lipinski definition) is 1. The Hall–Kier alpha value is -2.67. The Morgan fingerprint density at radius 3 is 2.79 bits per heavy atom. The minimum Gasteiger partial charge on any atom is -0.376 e. The van der Waals surface area contributed by atoms with Crippen molar-refractivity contribution in [1.29, 1.82) is 0 Å². The van der Waals surface area contributed by atoms with Crippen molar-refractivity contribution in [2.24, 2.45) is 0 Å². The molecule has 1 amide bonds. The lowest BCUT2D eigenvalue weighted by Crippen LogP contribution is -2.49. The first-order valence-electron chi connectivity index (χ1n) is 9.81. The number of hydrogen-bond acceptors (Lipinski definition) is 5. The molecular formula is C21H25FN4O2. The van der Waals surface area contributed by atoms with E-state index in [9.17, 15) is 9.18 Å². The zero-order chi connectivity index (χ0) is 19.3. The van der Waals surface area contributed by atoms with Crippen LogP contribution in [0.15, 0.2) is 42.6 Å². The smallest absolute Gasteiger partial charge is 0.254 e. The van der Waals surface area contributed by atoms with Crippen molar-refractivity contribution in [2.45, 2.75) is 18.9 Å². The SMILES string of the molecule is O=C(c1ccnc(NCC2CCCO2)c1)N1CCN(c2ccccc2F)CC1. The second kappa shape index (κ2) is 8.56. The van der Waals surface area contributed by atoms with Crippen LogP contribution in [0.5, 0.6) is 0 Å². The second-order valence-electron chi connectivity index (χ2n) is 7.18. The van der Waals surface area contributed by atoms with Crippen molar-refractivity contribution in [2.75, 3.05) is 49.5 Å². The van der Waals surface area contributed by atoms with Crippen LogP contribution in [0.1, 0.15) is 23.2 Å². The Bertz CT molecular complexity index is 818. The average Bonchev–Trinajstić information content (AvgIpc) is 3.26. The monoisotopic (exact) mass is 384 g/mol. The molecule has 2 saturated heterocycles. The third kappa shape index (κ3) is 4.25. The minimum absolute atomic E-state index is 0.0178. The summed E-state index contributed by atoms with van der Waals surface area (Å²) < 4.78 is 19.6. The zero-order valence-electron chi connectivity index (χ0n) is 15.8. The molecule has 2 aliphatic heterocycles. The van der Waals surface area contributed by atoms with Crippen LogP contribution in [-0.4, -0.2) is 61.2 Å². The molecule has 0 radical (unpaired) electrons. The van der Waals surface area contributed by atoms with Crippen molar-refractivity contribution >= 4 is 17.4 Å². The third-order valence-electron chi connectivity index (χ3n) is 5.30. The molecule has 1 unspecified atom stereocenters. The van der Waals surface area contributed by atoms with E-state index in [0.717, 1.165) is 19.4 Å². The van der Waals surface area contributed by atoms with Crippen LogP contribution in [-0.2, 0) is 4.74 Å². The number of carbonyl (C=O) groups is 1. The van der Waals surface area contributed by atoms with E-state index in [1.54, 1.807) is 30.5 Å². The lowest BCUT2D eigenvalue weighted by atomic mass is 10.2. The fraction of sp³-hybridized carbons (Fsp3) is 0.429. The number of piperazine rings is 1. The van der Waals surface area contributed by atoms with Crippen LogP contribution in [0.2, 0.25) is 0 Å². The molecule has 0 aliphatic carbocycles. The van der Waals surface area contributed by atoms with E-state index in [4.69, 9.17) is 4.74 Å². The largest absolute Gasteiger partial charge is 0.376 e. The van der Waals surface area contributed by atoms with Crippen LogP contribution in [0.25, 0.3) is 0 Å². The molecule has 7 heteroatoms. The molecule has 4 rings (SSSR count). The Balaban J connectivity index is 1.34. The topological polar surface area (TPSA) is 57.7 Å². The molecule has 1 aromatic carbocycles. The van der Waals surface area contributed by atoms with Crippen LogP contribution in [0.3, 0.4) is 0 Å². The van der Waals surface area contributed by atoms with Gasteiger partial charge in [-0.15, -0.1) is 0 Å². The van der Waals surface area contributed by atoms with Crippen LogP contribution < -0.4 is 10.2 Å². The summed E-state index contributed by atoms with van der Waals surface area (Å²) in [6, 6.07) is 10.3. The first kappa shape index (κ1) is 18.7. The van der Waals surface area contributed by atoms with Gasteiger partial charge < -0.3 is 19.9 Å². The van der Waals surface area contributed by atoms with Crippen molar-refractivity contribution in [1.82, 2.24) is 9.88 Å². The summed E-state index contributed by atoms with van der Waals surface area (Å²) in [5.74, 6) is 0.445. The normalized spacial score (nSPS) is 19.7. The van der Waals surface area contributed by atoms with E-state index in [2.05, 4.69) is 10.3 Å². The molecule has 1 N–H and O–H groups in total. The highest BCUT2D eigenvalue weighted by molar-refractivity contribution is 5.95. The number of carbonyl (C=O) groups excluding carboxylic acids is 1. The molecule has 2 fully saturated rings. The summed E-state index contributed by atoms with van der Waals surface area (Å²) in [6.07, 6.45) is 4.02. The van der Waals surface area contributed by atoms with Gasteiger partial charge in [-0.25, -0.2) is 9.37 Å². The van der Waals surface area contributed by atoms with Gasteiger partial charge in [0, 0.05) is 51.1 Å². The van der Waals surface area contributed by atoms with Crippen molar-refractivity contribution in [3.63, 3.8) is 0 Å². The number of rotatable bonds is 5. The van der Waals surface area contributed by atoms with Gasteiger partial charge in [0.25, 0.3) is 5.91 Å². The number of amides is 1. The highest BCUT2D eigenvalue weighted by atomic mass is 19.1. The quantitative estimate of drug-likeness (QED) is 0.859. The molecule has 28 heavy (non-hydrogen) atoms. The van der Waals surface area contributed by atoms with E-state index < -0.39 is 0 Å². The summed E-state index contributed by atoms with van der Waals surface area (Å²) in [6.45, 7) is 3.87. The van der Waals surface area contributed by atoms with Gasteiger partial charge in [0.05, 0.1) is 11.8 Å². The first-order valence-corrected chi connectivity index (χ1v) is 9.81. The Morgan fingerprint density at radius 1 is 1.21 bits per heavy atom. The molecule has 2 aromatic rings. The van der Waals surface area contributed by atoms with Crippen molar-refractivity contribution in [3.05, 3.63) is 54.0 Å². The van der Waals surface area contributed by atoms with Gasteiger partial charge >= 0.3 is 0 Å². The van der Waals surface area contributed by atoms with Gasteiger partial charge in [0.2, 0.25) is 0 Å². The van der Waals surface area contributed by atoms with Gasteiger partial charge in [-0.1, -0.05) is 12.1 Å².